The summed E-state index contributed by atoms with van der Waals surface area (Å²) < 4.78 is 1.85. The summed E-state index contributed by atoms with van der Waals surface area (Å²) >= 11 is 0. The summed E-state index contributed by atoms with van der Waals surface area (Å²) in [5.41, 5.74) is 3.29. The summed E-state index contributed by atoms with van der Waals surface area (Å²) in [6.45, 7) is 3.24. The normalized spacial score (nSPS) is 14.7. The Labute approximate surface area is 171 Å². The van der Waals surface area contributed by atoms with E-state index in [0.29, 0.717) is 31.5 Å². The Balaban J connectivity index is 1.46. The lowest BCUT2D eigenvalue weighted by atomic mass is 9.88. The van der Waals surface area contributed by atoms with Crippen LogP contribution in [0.25, 0.3) is 5.69 Å². The Morgan fingerprint density at radius 2 is 1.59 bits per heavy atom. The van der Waals surface area contributed by atoms with Gasteiger partial charge in [0, 0.05) is 24.6 Å². The summed E-state index contributed by atoms with van der Waals surface area (Å²) in [5.74, 6) is 0.178. The van der Waals surface area contributed by atoms with Gasteiger partial charge in [-0.3, -0.25) is 9.59 Å². The number of ketones is 1. The maximum Gasteiger partial charge on any atom is 0.257 e. The molecule has 29 heavy (non-hydrogen) atoms. The second-order valence-electron chi connectivity index (χ2n) is 7.40. The first-order valence-electron chi connectivity index (χ1n) is 10.2. The predicted octanol–water partition coefficient (Wildman–Crippen LogP) is 4.17. The van der Waals surface area contributed by atoms with E-state index in [1.807, 2.05) is 77.2 Å². The molecule has 0 unspecified atom stereocenters. The van der Waals surface area contributed by atoms with Crippen LogP contribution in [0.3, 0.4) is 0 Å². The smallest absolute Gasteiger partial charge is 0.257 e. The fourth-order valence-electron chi connectivity index (χ4n) is 4.04. The Morgan fingerprint density at radius 3 is 2.21 bits per heavy atom. The molecule has 0 saturated carbocycles. The summed E-state index contributed by atoms with van der Waals surface area (Å²) in [6.07, 6.45) is 3.80. The standard InChI is InChI=1S/C24H25N3O2/c1-2-22-21(17-25-27(22)20-11-7-4-8-12-20)24(29)26-15-13-19(14-16-26)23(28)18-9-5-3-6-10-18/h3-12,17,19H,2,13-16H2,1H3. The van der Waals surface area contributed by atoms with Crippen LogP contribution in [0.15, 0.2) is 66.9 Å². The molecule has 1 fully saturated rings. The highest BCUT2D eigenvalue weighted by Gasteiger charge is 2.30. The van der Waals surface area contributed by atoms with E-state index >= 15 is 0 Å². The fourth-order valence-corrected chi connectivity index (χ4v) is 4.04. The van der Waals surface area contributed by atoms with Crippen LogP contribution in [0.5, 0.6) is 0 Å². The summed E-state index contributed by atoms with van der Waals surface area (Å²) in [4.78, 5) is 27.7. The maximum absolute atomic E-state index is 13.2. The van der Waals surface area contributed by atoms with Crippen LogP contribution >= 0.6 is 0 Å². The molecule has 1 saturated heterocycles. The molecule has 0 bridgehead atoms. The molecule has 148 valence electrons. The van der Waals surface area contributed by atoms with Crippen LogP contribution in [-0.2, 0) is 6.42 Å². The molecule has 0 N–H and O–H groups in total. The molecule has 1 aliphatic heterocycles. The lowest BCUT2D eigenvalue weighted by Gasteiger charge is -2.31. The van der Waals surface area contributed by atoms with Gasteiger partial charge in [-0.25, -0.2) is 4.68 Å². The number of likely N-dealkylation sites (tertiary alicyclic amines) is 1. The van der Waals surface area contributed by atoms with E-state index in [4.69, 9.17) is 0 Å². The van der Waals surface area contributed by atoms with Gasteiger partial charge in [0.2, 0.25) is 0 Å². The topological polar surface area (TPSA) is 55.2 Å². The van der Waals surface area contributed by atoms with Gasteiger partial charge in [0.1, 0.15) is 0 Å². The molecule has 2 aromatic carbocycles. The molecule has 0 spiro atoms. The lowest BCUT2D eigenvalue weighted by molar-refractivity contribution is 0.0649. The van der Waals surface area contributed by atoms with Crippen molar-refractivity contribution in [3.8, 4) is 5.69 Å². The van der Waals surface area contributed by atoms with E-state index in [-0.39, 0.29) is 17.6 Å². The third-order valence-corrected chi connectivity index (χ3v) is 5.65. The Kier molecular flexibility index (Phi) is 5.56. The van der Waals surface area contributed by atoms with E-state index in [1.165, 1.54) is 0 Å². The number of rotatable bonds is 5. The number of benzene rings is 2. The molecule has 3 aromatic rings. The highest BCUT2D eigenvalue weighted by molar-refractivity contribution is 5.98. The van der Waals surface area contributed by atoms with Crippen molar-refractivity contribution in [2.45, 2.75) is 26.2 Å². The SMILES string of the molecule is CCc1c(C(=O)N2CCC(C(=O)c3ccccc3)CC2)cnn1-c1ccccc1. The Morgan fingerprint density at radius 1 is 0.966 bits per heavy atom. The summed E-state index contributed by atoms with van der Waals surface area (Å²) in [7, 11) is 0. The van der Waals surface area contributed by atoms with Crippen LogP contribution in [0.1, 0.15) is 46.2 Å². The number of para-hydroxylation sites is 1. The van der Waals surface area contributed by atoms with Gasteiger partial charge in [0.05, 0.1) is 23.1 Å². The molecular weight excluding hydrogens is 362 g/mol. The minimum Gasteiger partial charge on any atom is -0.338 e. The van der Waals surface area contributed by atoms with Crippen LogP contribution in [-0.4, -0.2) is 39.5 Å². The number of hydrogen-bond acceptors (Lipinski definition) is 3. The number of aromatic nitrogens is 2. The molecule has 0 radical (unpaired) electrons. The third-order valence-electron chi connectivity index (χ3n) is 5.65. The monoisotopic (exact) mass is 387 g/mol. The summed E-state index contributed by atoms with van der Waals surface area (Å²) in [6, 6.07) is 19.3. The van der Waals surface area contributed by atoms with Gasteiger partial charge in [-0.15, -0.1) is 0 Å². The van der Waals surface area contributed by atoms with Gasteiger partial charge in [-0.2, -0.15) is 5.10 Å². The molecule has 4 rings (SSSR count). The van der Waals surface area contributed by atoms with Crippen LogP contribution in [0.4, 0.5) is 0 Å². The van der Waals surface area contributed by atoms with Crippen molar-refractivity contribution >= 4 is 11.7 Å². The van der Waals surface area contributed by atoms with E-state index in [1.54, 1.807) is 6.20 Å². The maximum atomic E-state index is 13.2. The van der Waals surface area contributed by atoms with Crippen LogP contribution < -0.4 is 0 Å². The number of nitrogens with zero attached hydrogens (tertiary/aromatic N) is 3. The van der Waals surface area contributed by atoms with Gasteiger partial charge in [0.15, 0.2) is 5.78 Å². The molecule has 5 nitrogen and oxygen atoms in total. The number of amides is 1. The zero-order valence-corrected chi connectivity index (χ0v) is 16.6. The average molecular weight is 387 g/mol. The van der Waals surface area contributed by atoms with Crippen molar-refractivity contribution in [1.82, 2.24) is 14.7 Å². The first-order valence-corrected chi connectivity index (χ1v) is 10.2. The van der Waals surface area contributed by atoms with E-state index < -0.39 is 0 Å². The third kappa shape index (κ3) is 3.86. The zero-order valence-electron chi connectivity index (χ0n) is 16.6. The van der Waals surface area contributed by atoms with E-state index in [2.05, 4.69) is 5.10 Å². The van der Waals surface area contributed by atoms with Crippen molar-refractivity contribution in [2.75, 3.05) is 13.1 Å². The van der Waals surface area contributed by atoms with Crippen molar-refractivity contribution in [1.29, 1.82) is 0 Å². The van der Waals surface area contributed by atoms with Crippen LogP contribution in [0, 0.1) is 5.92 Å². The minimum atomic E-state index is -0.0147. The Hall–Kier alpha value is -3.21. The van der Waals surface area contributed by atoms with Gasteiger partial charge < -0.3 is 4.90 Å². The van der Waals surface area contributed by atoms with E-state index in [0.717, 1.165) is 23.4 Å². The minimum absolute atomic E-state index is 0.00893. The van der Waals surface area contributed by atoms with Gasteiger partial charge in [-0.05, 0) is 31.4 Å². The first-order chi connectivity index (χ1) is 14.2. The van der Waals surface area contributed by atoms with Gasteiger partial charge >= 0.3 is 0 Å². The second kappa shape index (κ2) is 8.43. The predicted molar refractivity (Wildman–Crippen MR) is 112 cm³/mol. The van der Waals surface area contributed by atoms with E-state index in [9.17, 15) is 9.59 Å². The van der Waals surface area contributed by atoms with Crippen molar-refractivity contribution in [3.63, 3.8) is 0 Å². The number of hydrogen-bond donors (Lipinski definition) is 0. The molecule has 1 aromatic heterocycles. The molecule has 1 aliphatic rings. The van der Waals surface area contributed by atoms with Crippen molar-refractivity contribution in [2.24, 2.45) is 5.92 Å². The highest BCUT2D eigenvalue weighted by Crippen LogP contribution is 2.24. The van der Waals surface area contributed by atoms with Gasteiger partial charge in [-0.1, -0.05) is 55.5 Å². The van der Waals surface area contributed by atoms with Gasteiger partial charge in [0.25, 0.3) is 5.91 Å². The molecule has 0 atom stereocenters. The molecule has 5 heteroatoms. The lowest BCUT2D eigenvalue weighted by Crippen LogP contribution is -2.40. The summed E-state index contributed by atoms with van der Waals surface area (Å²) in [5, 5.41) is 4.47. The second-order valence-corrected chi connectivity index (χ2v) is 7.40. The number of carbonyl (C=O) groups is 2. The van der Waals surface area contributed by atoms with Crippen molar-refractivity contribution < 1.29 is 9.59 Å². The number of carbonyl (C=O) groups excluding carboxylic acids is 2. The number of Topliss-reactive ketones (excluding diaryl/α,β-unsaturated/α-hetero) is 1. The highest BCUT2D eigenvalue weighted by atomic mass is 16.2. The molecule has 2 heterocycles. The largest absolute Gasteiger partial charge is 0.338 e. The molecular formula is C24H25N3O2. The first kappa shape index (κ1) is 19.1. The fraction of sp³-hybridized carbons (Fsp3) is 0.292. The average Bonchev–Trinajstić information content (AvgIpc) is 3.23. The quantitative estimate of drug-likeness (QED) is 0.618. The zero-order chi connectivity index (χ0) is 20.2. The van der Waals surface area contributed by atoms with Crippen LogP contribution in [0.2, 0.25) is 0 Å². The van der Waals surface area contributed by atoms with Crippen molar-refractivity contribution in [3.05, 3.63) is 83.7 Å². The number of piperidine rings is 1. The molecule has 1 amide bonds. The molecule has 0 aliphatic carbocycles. The Bertz CT molecular complexity index is 987.